The summed E-state index contributed by atoms with van der Waals surface area (Å²) in [6, 6.07) is 4.33. The third kappa shape index (κ3) is 6.50. The van der Waals surface area contributed by atoms with Gasteiger partial charge < -0.3 is 15.5 Å². The number of thiophene rings is 1. The van der Waals surface area contributed by atoms with E-state index in [0.29, 0.717) is 5.92 Å². The number of aliphatic imine (C=N–C) groups is 1. The molecular formula is C20H31N5S2. The minimum atomic E-state index is 0.542. The third-order valence-electron chi connectivity index (χ3n) is 4.62. The highest BCUT2D eigenvalue weighted by Gasteiger charge is 2.15. The maximum atomic E-state index is 4.80. The highest BCUT2D eigenvalue weighted by Crippen LogP contribution is 2.24. The average molecular weight is 406 g/mol. The van der Waals surface area contributed by atoms with Crippen molar-refractivity contribution in [1.82, 2.24) is 15.6 Å². The van der Waals surface area contributed by atoms with Crippen molar-refractivity contribution in [3.05, 3.63) is 33.5 Å². The smallest absolute Gasteiger partial charge is 0.191 e. The van der Waals surface area contributed by atoms with Crippen LogP contribution >= 0.6 is 22.7 Å². The predicted octanol–water partition coefficient (Wildman–Crippen LogP) is 3.78. The van der Waals surface area contributed by atoms with Crippen LogP contribution in [0.3, 0.4) is 0 Å². The van der Waals surface area contributed by atoms with Crippen LogP contribution in [0.1, 0.15) is 37.3 Å². The predicted molar refractivity (Wildman–Crippen MR) is 118 cm³/mol. The van der Waals surface area contributed by atoms with Crippen LogP contribution in [0.5, 0.6) is 0 Å². The van der Waals surface area contributed by atoms with E-state index in [4.69, 9.17) is 9.98 Å². The molecule has 0 amide bonds. The molecule has 0 radical (unpaired) electrons. The summed E-state index contributed by atoms with van der Waals surface area (Å²) in [4.78, 5) is 13.4. The number of anilines is 1. The van der Waals surface area contributed by atoms with Crippen molar-refractivity contribution in [2.24, 2.45) is 10.9 Å². The van der Waals surface area contributed by atoms with E-state index >= 15 is 0 Å². The van der Waals surface area contributed by atoms with Crippen LogP contribution in [-0.2, 0) is 12.8 Å². The second-order valence-corrected chi connectivity index (χ2v) is 8.97. The van der Waals surface area contributed by atoms with Gasteiger partial charge in [-0.3, -0.25) is 4.99 Å². The number of guanidine groups is 1. The fourth-order valence-electron chi connectivity index (χ4n) is 3.20. The third-order valence-corrected chi connectivity index (χ3v) is 6.47. The van der Waals surface area contributed by atoms with E-state index in [1.54, 1.807) is 11.3 Å². The Labute approximate surface area is 170 Å². The van der Waals surface area contributed by atoms with Gasteiger partial charge in [0, 0.05) is 49.4 Å². The largest absolute Gasteiger partial charge is 0.357 e. The normalized spacial score (nSPS) is 15.9. The SMILES string of the molecule is CCNC(=NCC(C)Cc1cccs1)NCCc1csc(N2CCCC2)n1. The monoisotopic (exact) mass is 405 g/mol. The molecule has 1 saturated heterocycles. The Morgan fingerprint density at radius 3 is 2.89 bits per heavy atom. The second kappa shape index (κ2) is 10.7. The van der Waals surface area contributed by atoms with E-state index in [1.165, 1.54) is 28.5 Å². The Kier molecular flexibility index (Phi) is 7.95. The van der Waals surface area contributed by atoms with Crippen molar-refractivity contribution in [2.45, 2.75) is 39.5 Å². The number of nitrogens with one attached hydrogen (secondary N) is 2. The quantitative estimate of drug-likeness (QED) is 0.492. The van der Waals surface area contributed by atoms with Gasteiger partial charge in [-0.15, -0.1) is 22.7 Å². The first kappa shape index (κ1) is 20.1. The Morgan fingerprint density at radius 1 is 1.30 bits per heavy atom. The molecule has 2 N–H and O–H groups in total. The van der Waals surface area contributed by atoms with E-state index < -0.39 is 0 Å². The van der Waals surface area contributed by atoms with Crippen LogP contribution in [0.4, 0.5) is 5.13 Å². The maximum absolute atomic E-state index is 4.80. The lowest BCUT2D eigenvalue weighted by atomic mass is 10.1. The zero-order valence-corrected chi connectivity index (χ0v) is 18.0. The minimum absolute atomic E-state index is 0.542. The summed E-state index contributed by atoms with van der Waals surface area (Å²) in [5.74, 6) is 1.45. The van der Waals surface area contributed by atoms with Gasteiger partial charge in [0.05, 0.1) is 5.69 Å². The number of rotatable bonds is 9. The lowest BCUT2D eigenvalue weighted by Crippen LogP contribution is -2.38. The summed E-state index contributed by atoms with van der Waals surface area (Å²) >= 11 is 3.60. The number of hydrogen-bond donors (Lipinski definition) is 2. The molecule has 1 aliphatic heterocycles. The fourth-order valence-corrected chi connectivity index (χ4v) is 4.98. The average Bonchev–Trinajstić information content (AvgIpc) is 3.41. The summed E-state index contributed by atoms with van der Waals surface area (Å²) in [6.07, 6.45) is 4.62. The van der Waals surface area contributed by atoms with Gasteiger partial charge in [-0.2, -0.15) is 0 Å². The first-order valence-electron chi connectivity index (χ1n) is 9.98. The van der Waals surface area contributed by atoms with Gasteiger partial charge in [0.25, 0.3) is 0 Å². The molecule has 2 aromatic rings. The minimum Gasteiger partial charge on any atom is -0.357 e. The molecule has 1 aliphatic rings. The van der Waals surface area contributed by atoms with E-state index in [-0.39, 0.29) is 0 Å². The maximum Gasteiger partial charge on any atom is 0.191 e. The molecule has 1 atom stereocenters. The van der Waals surface area contributed by atoms with Crippen LogP contribution < -0.4 is 15.5 Å². The van der Waals surface area contributed by atoms with E-state index in [1.807, 2.05) is 11.3 Å². The van der Waals surface area contributed by atoms with Crippen LogP contribution in [0.15, 0.2) is 27.9 Å². The highest BCUT2D eigenvalue weighted by atomic mass is 32.1. The standard InChI is InChI=1S/C20H31N5S2/c1-3-21-19(23-14-16(2)13-18-7-6-12-26-18)22-9-8-17-15-27-20(24-17)25-10-4-5-11-25/h6-7,12,15-16H,3-5,8-11,13-14H2,1-2H3,(H2,21,22,23). The Bertz CT molecular complexity index is 689. The van der Waals surface area contributed by atoms with Crippen molar-refractivity contribution in [3.8, 4) is 0 Å². The van der Waals surface area contributed by atoms with Crippen LogP contribution in [0.25, 0.3) is 0 Å². The van der Waals surface area contributed by atoms with Gasteiger partial charge in [0.15, 0.2) is 11.1 Å². The zero-order chi connectivity index (χ0) is 18.9. The summed E-state index contributed by atoms with van der Waals surface area (Å²) in [5.41, 5.74) is 1.18. The second-order valence-electron chi connectivity index (χ2n) is 7.10. The van der Waals surface area contributed by atoms with Crippen molar-refractivity contribution < 1.29 is 0 Å². The number of nitrogens with zero attached hydrogens (tertiary/aromatic N) is 3. The molecule has 0 spiro atoms. The van der Waals surface area contributed by atoms with Crippen LogP contribution in [-0.4, -0.2) is 43.7 Å². The lowest BCUT2D eigenvalue weighted by molar-refractivity contribution is 0.595. The van der Waals surface area contributed by atoms with Crippen LogP contribution in [0, 0.1) is 5.92 Å². The molecular weight excluding hydrogens is 374 g/mol. The molecule has 3 heterocycles. The van der Waals surface area contributed by atoms with E-state index in [2.05, 4.69) is 52.3 Å². The Balaban J connectivity index is 1.43. The number of aromatic nitrogens is 1. The molecule has 1 fully saturated rings. The molecule has 27 heavy (non-hydrogen) atoms. The van der Waals surface area contributed by atoms with E-state index in [9.17, 15) is 0 Å². The molecule has 7 heteroatoms. The summed E-state index contributed by atoms with van der Waals surface area (Å²) in [6.45, 7) is 9.26. The lowest BCUT2D eigenvalue weighted by Gasteiger charge is -2.13. The van der Waals surface area contributed by atoms with Gasteiger partial charge in [0.1, 0.15) is 0 Å². The molecule has 2 aromatic heterocycles. The van der Waals surface area contributed by atoms with Gasteiger partial charge in [-0.05, 0) is 43.6 Å². The van der Waals surface area contributed by atoms with Crippen molar-refractivity contribution >= 4 is 33.8 Å². The Morgan fingerprint density at radius 2 is 2.15 bits per heavy atom. The molecule has 148 valence electrons. The van der Waals surface area contributed by atoms with Crippen LogP contribution in [0.2, 0.25) is 0 Å². The summed E-state index contributed by atoms with van der Waals surface area (Å²) in [7, 11) is 0. The Hall–Kier alpha value is -1.60. The highest BCUT2D eigenvalue weighted by molar-refractivity contribution is 7.13. The summed E-state index contributed by atoms with van der Waals surface area (Å²) in [5, 5.41) is 12.3. The van der Waals surface area contributed by atoms with Gasteiger partial charge in [0.2, 0.25) is 0 Å². The molecule has 0 aliphatic carbocycles. The topological polar surface area (TPSA) is 52.6 Å². The van der Waals surface area contributed by atoms with E-state index in [0.717, 1.165) is 51.5 Å². The van der Waals surface area contributed by atoms with Crippen molar-refractivity contribution in [2.75, 3.05) is 37.6 Å². The molecule has 3 rings (SSSR count). The number of thiazole rings is 1. The van der Waals surface area contributed by atoms with Gasteiger partial charge >= 0.3 is 0 Å². The van der Waals surface area contributed by atoms with Crippen molar-refractivity contribution in [1.29, 1.82) is 0 Å². The first-order valence-corrected chi connectivity index (χ1v) is 11.7. The molecule has 0 saturated carbocycles. The van der Waals surface area contributed by atoms with Gasteiger partial charge in [-0.25, -0.2) is 4.98 Å². The molecule has 5 nitrogen and oxygen atoms in total. The molecule has 0 aromatic carbocycles. The summed E-state index contributed by atoms with van der Waals surface area (Å²) < 4.78 is 0. The van der Waals surface area contributed by atoms with Gasteiger partial charge in [-0.1, -0.05) is 13.0 Å². The number of hydrogen-bond acceptors (Lipinski definition) is 5. The zero-order valence-electron chi connectivity index (χ0n) is 16.4. The molecule has 1 unspecified atom stereocenters. The fraction of sp³-hybridized carbons (Fsp3) is 0.600. The van der Waals surface area contributed by atoms with Crippen molar-refractivity contribution in [3.63, 3.8) is 0 Å². The molecule has 0 bridgehead atoms. The first-order chi connectivity index (χ1) is 13.2.